The number of esters is 1. The van der Waals surface area contributed by atoms with Gasteiger partial charge >= 0.3 is 5.97 Å². The molecule has 0 aromatic rings. The van der Waals surface area contributed by atoms with Gasteiger partial charge in [0.25, 0.3) is 0 Å². The van der Waals surface area contributed by atoms with Gasteiger partial charge in [-0.05, 0) is 31.6 Å². The monoisotopic (exact) mass is 247 g/mol. The predicted molar refractivity (Wildman–Crippen MR) is 58.1 cm³/mol. The van der Waals surface area contributed by atoms with Gasteiger partial charge in [0, 0.05) is 6.04 Å². The van der Waals surface area contributed by atoms with Crippen LogP contribution in [0.3, 0.4) is 0 Å². The molecule has 2 aliphatic carbocycles. The Morgan fingerprint density at radius 2 is 2.12 bits per heavy atom. The van der Waals surface area contributed by atoms with Crippen LogP contribution in [0, 0.1) is 17.8 Å². The second kappa shape index (κ2) is 4.00. The van der Waals surface area contributed by atoms with Crippen molar-refractivity contribution in [1.82, 2.24) is 4.72 Å². The lowest BCUT2D eigenvalue weighted by Gasteiger charge is -2.14. The first-order chi connectivity index (χ1) is 7.44. The standard InChI is InChI=1S/C10H17NO4S/c1-3-15-10(12)9-6-4-5-7(8(6)9)11-16(2,13)14/h6-9,11H,3-5H2,1-2H3/t6-,7?,8-,9+/m1/s1. The van der Waals surface area contributed by atoms with E-state index in [-0.39, 0.29) is 23.8 Å². The minimum Gasteiger partial charge on any atom is -0.466 e. The Morgan fingerprint density at radius 1 is 1.44 bits per heavy atom. The normalized spacial score (nSPS) is 36.9. The number of hydrogen-bond donors (Lipinski definition) is 1. The summed E-state index contributed by atoms with van der Waals surface area (Å²) >= 11 is 0. The summed E-state index contributed by atoms with van der Waals surface area (Å²) in [6.45, 7) is 2.17. The summed E-state index contributed by atoms with van der Waals surface area (Å²) in [7, 11) is -3.18. The molecule has 92 valence electrons. The van der Waals surface area contributed by atoms with Crippen LogP contribution in [0.1, 0.15) is 19.8 Å². The molecule has 0 saturated heterocycles. The van der Waals surface area contributed by atoms with Crippen LogP contribution in [0.15, 0.2) is 0 Å². The molecule has 0 amide bonds. The zero-order valence-electron chi connectivity index (χ0n) is 9.47. The van der Waals surface area contributed by atoms with Gasteiger partial charge in [-0.3, -0.25) is 4.79 Å². The molecule has 16 heavy (non-hydrogen) atoms. The maximum Gasteiger partial charge on any atom is 0.309 e. The van der Waals surface area contributed by atoms with Crippen LogP contribution < -0.4 is 4.72 Å². The Hall–Kier alpha value is -0.620. The summed E-state index contributed by atoms with van der Waals surface area (Å²) in [4.78, 5) is 11.5. The predicted octanol–water partition coefficient (Wildman–Crippen LogP) is 0.123. The SMILES string of the molecule is CCOC(=O)[C@H]1[C@@H]2CCC(NS(C)(=O)=O)[C@@H]21. The van der Waals surface area contributed by atoms with E-state index in [1.807, 2.05) is 0 Å². The topological polar surface area (TPSA) is 72.5 Å². The van der Waals surface area contributed by atoms with Crippen molar-refractivity contribution in [3.63, 3.8) is 0 Å². The summed E-state index contributed by atoms with van der Waals surface area (Å²) in [5, 5.41) is 0. The van der Waals surface area contributed by atoms with E-state index in [1.54, 1.807) is 6.92 Å². The van der Waals surface area contributed by atoms with Crippen LogP contribution in [0.25, 0.3) is 0 Å². The van der Waals surface area contributed by atoms with Crippen LogP contribution in [-0.4, -0.2) is 33.3 Å². The van der Waals surface area contributed by atoms with Gasteiger partial charge in [-0.25, -0.2) is 13.1 Å². The molecule has 2 rings (SSSR count). The first kappa shape index (κ1) is 11.9. The van der Waals surface area contributed by atoms with E-state index < -0.39 is 10.0 Å². The molecule has 5 nitrogen and oxygen atoms in total. The molecular weight excluding hydrogens is 230 g/mol. The number of sulfonamides is 1. The van der Waals surface area contributed by atoms with Crippen LogP contribution in [0.5, 0.6) is 0 Å². The summed E-state index contributed by atoms with van der Waals surface area (Å²) in [5.41, 5.74) is 0. The van der Waals surface area contributed by atoms with Gasteiger partial charge < -0.3 is 4.74 Å². The minimum atomic E-state index is -3.18. The molecule has 4 atom stereocenters. The first-order valence-electron chi connectivity index (χ1n) is 5.58. The molecule has 2 fully saturated rings. The summed E-state index contributed by atoms with van der Waals surface area (Å²) in [6.07, 6.45) is 2.90. The van der Waals surface area contributed by atoms with Crippen LogP contribution >= 0.6 is 0 Å². The largest absolute Gasteiger partial charge is 0.466 e. The van der Waals surface area contributed by atoms with Gasteiger partial charge in [0.05, 0.1) is 18.8 Å². The quantitative estimate of drug-likeness (QED) is 0.716. The highest BCUT2D eigenvalue weighted by molar-refractivity contribution is 7.88. The van der Waals surface area contributed by atoms with Gasteiger partial charge in [-0.1, -0.05) is 0 Å². The van der Waals surface area contributed by atoms with Crippen molar-refractivity contribution in [3.8, 4) is 0 Å². The van der Waals surface area contributed by atoms with E-state index in [0.717, 1.165) is 19.1 Å². The number of ether oxygens (including phenoxy) is 1. The highest BCUT2D eigenvalue weighted by Crippen LogP contribution is 2.58. The van der Waals surface area contributed by atoms with Crippen LogP contribution in [-0.2, 0) is 19.6 Å². The lowest BCUT2D eigenvalue weighted by molar-refractivity contribution is -0.145. The second-order valence-corrected chi connectivity index (χ2v) is 6.37. The highest BCUT2D eigenvalue weighted by Gasteiger charge is 2.62. The Morgan fingerprint density at radius 3 is 2.69 bits per heavy atom. The van der Waals surface area contributed by atoms with E-state index in [4.69, 9.17) is 4.74 Å². The fourth-order valence-electron chi connectivity index (χ4n) is 2.87. The molecule has 1 N–H and O–H groups in total. The molecule has 6 heteroatoms. The fourth-order valence-corrected chi connectivity index (χ4v) is 3.69. The zero-order valence-corrected chi connectivity index (χ0v) is 10.3. The van der Waals surface area contributed by atoms with Gasteiger partial charge in [-0.2, -0.15) is 0 Å². The maximum atomic E-state index is 11.5. The minimum absolute atomic E-state index is 0.0746. The average Bonchev–Trinajstić information content (AvgIpc) is 2.74. The lowest BCUT2D eigenvalue weighted by Crippen LogP contribution is -2.35. The Balaban J connectivity index is 1.95. The Labute approximate surface area is 95.6 Å². The van der Waals surface area contributed by atoms with Crippen molar-refractivity contribution >= 4 is 16.0 Å². The molecule has 0 aromatic heterocycles. The summed E-state index contributed by atoms with van der Waals surface area (Å²) in [6, 6.07) is -0.0746. The summed E-state index contributed by atoms with van der Waals surface area (Å²) < 4.78 is 29.8. The third kappa shape index (κ3) is 2.22. The number of nitrogens with one attached hydrogen (secondary N) is 1. The number of fused-ring (bicyclic) bond motifs is 1. The number of hydrogen-bond acceptors (Lipinski definition) is 4. The molecule has 0 aromatic carbocycles. The second-order valence-electron chi connectivity index (χ2n) is 4.59. The van der Waals surface area contributed by atoms with Crippen LogP contribution in [0.4, 0.5) is 0 Å². The molecule has 2 aliphatic rings. The number of carbonyl (C=O) groups excluding carboxylic acids is 1. The highest BCUT2D eigenvalue weighted by atomic mass is 32.2. The van der Waals surface area contributed by atoms with E-state index in [0.29, 0.717) is 12.5 Å². The fraction of sp³-hybridized carbons (Fsp3) is 0.900. The third-order valence-corrected chi connectivity index (χ3v) is 4.16. The molecule has 1 unspecified atom stereocenters. The number of carbonyl (C=O) groups is 1. The third-order valence-electron chi connectivity index (χ3n) is 3.43. The van der Waals surface area contributed by atoms with E-state index in [1.165, 1.54) is 0 Å². The van der Waals surface area contributed by atoms with Crippen molar-refractivity contribution in [2.24, 2.45) is 17.8 Å². The van der Waals surface area contributed by atoms with Gasteiger partial charge in [-0.15, -0.1) is 0 Å². The molecule has 2 saturated carbocycles. The maximum absolute atomic E-state index is 11.5. The van der Waals surface area contributed by atoms with E-state index in [9.17, 15) is 13.2 Å². The molecule has 0 radical (unpaired) electrons. The lowest BCUT2D eigenvalue weighted by atomic mass is 10.1. The van der Waals surface area contributed by atoms with Gasteiger partial charge in [0.15, 0.2) is 0 Å². The van der Waals surface area contributed by atoms with E-state index >= 15 is 0 Å². The van der Waals surface area contributed by atoms with Crippen molar-refractivity contribution in [2.45, 2.75) is 25.8 Å². The van der Waals surface area contributed by atoms with Gasteiger partial charge in [0.1, 0.15) is 0 Å². The van der Waals surface area contributed by atoms with Gasteiger partial charge in [0.2, 0.25) is 10.0 Å². The molecule has 0 bridgehead atoms. The van der Waals surface area contributed by atoms with Crippen molar-refractivity contribution < 1.29 is 17.9 Å². The van der Waals surface area contributed by atoms with Crippen molar-refractivity contribution in [2.75, 3.05) is 12.9 Å². The average molecular weight is 247 g/mol. The molecule has 0 heterocycles. The zero-order chi connectivity index (χ0) is 11.9. The Kier molecular flexibility index (Phi) is 2.96. The van der Waals surface area contributed by atoms with Crippen LogP contribution in [0.2, 0.25) is 0 Å². The molecule has 0 spiro atoms. The Bertz CT molecular complexity index is 392. The first-order valence-corrected chi connectivity index (χ1v) is 7.47. The molecule has 0 aliphatic heterocycles. The summed E-state index contributed by atoms with van der Waals surface area (Å²) in [5.74, 6) is 0.248. The number of rotatable bonds is 4. The van der Waals surface area contributed by atoms with Crippen molar-refractivity contribution in [1.29, 1.82) is 0 Å². The molecular formula is C10H17NO4S. The smallest absolute Gasteiger partial charge is 0.309 e. The van der Waals surface area contributed by atoms with E-state index in [2.05, 4.69) is 4.72 Å². The van der Waals surface area contributed by atoms with Crippen molar-refractivity contribution in [3.05, 3.63) is 0 Å².